The number of piperazine rings is 1. The molecule has 5 rings (SSSR count). The third kappa shape index (κ3) is 6.51. The van der Waals surface area contributed by atoms with Crippen LogP contribution in [0.1, 0.15) is 55.1 Å². The van der Waals surface area contributed by atoms with Crippen LogP contribution in [0.3, 0.4) is 0 Å². The number of benzene rings is 3. The maximum atomic E-state index is 14.5. The number of carbonyl (C=O) groups excluding carboxylic acids is 2. The number of urea groups is 1. The van der Waals surface area contributed by atoms with Crippen molar-refractivity contribution in [2.45, 2.75) is 38.3 Å². The van der Waals surface area contributed by atoms with Crippen molar-refractivity contribution in [1.29, 1.82) is 0 Å². The van der Waals surface area contributed by atoms with Crippen LogP contribution < -0.4 is 10.1 Å². The standard InChI is InChI=1S/C33H36Cl2N4O4/c1-5-43-27-18-23(33(2,3)20-42-4)10-15-26(27)31-37-29(21-6-11-24(34)12-7-21)30(22-8-13-25(35)14-9-22)39(31)32(41)38-17-16-36-28(40)19-38/h6-15,18,29-30H,5,16-17,19-20H2,1-4H3,(H,36,40)/t29-,30?/m0/s1. The predicted octanol–water partition coefficient (Wildman–Crippen LogP) is 6.41. The average Bonchev–Trinajstić information content (AvgIpc) is 3.38. The van der Waals surface area contributed by atoms with Crippen LogP contribution in [0, 0.1) is 0 Å². The summed E-state index contributed by atoms with van der Waals surface area (Å²) < 4.78 is 11.7. The highest BCUT2D eigenvalue weighted by atomic mass is 35.5. The van der Waals surface area contributed by atoms with Crippen LogP contribution in [0.2, 0.25) is 10.0 Å². The molecule has 2 aliphatic rings. The summed E-state index contributed by atoms with van der Waals surface area (Å²) in [5, 5.41) is 4.00. The number of carbonyl (C=O) groups is 2. The Hall–Kier alpha value is -3.59. The maximum absolute atomic E-state index is 14.5. The van der Waals surface area contributed by atoms with Gasteiger partial charge >= 0.3 is 6.03 Å². The van der Waals surface area contributed by atoms with Gasteiger partial charge in [-0.3, -0.25) is 14.7 Å². The number of rotatable bonds is 8. The van der Waals surface area contributed by atoms with Crippen molar-refractivity contribution in [2.24, 2.45) is 4.99 Å². The number of nitrogens with one attached hydrogen (secondary N) is 1. The Morgan fingerprint density at radius 3 is 2.28 bits per heavy atom. The minimum atomic E-state index is -0.523. The quantitative estimate of drug-likeness (QED) is 0.314. The second kappa shape index (κ2) is 13.0. The fraction of sp³-hybridized carbons (Fsp3) is 0.364. The molecule has 1 fully saturated rings. The maximum Gasteiger partial charge on any atom is 0.326 e. The van der Waals surface area contributed by atoms with Gasteiger partial charge in [0.25, 0.3) is 0 Å². The van der Waals surface area contributed by atoms with E-state index in [1.807, 2.05) is 73.7 Å². The molecule has 0 radical (unpaired) electrons. The monoisotopic (exact) mass is 622 g/mol. The number of aliphatic imine (C=N–C) groups is 1. The largest absolute Gasteiger partial charge is 0.493 e. The van der Waals surface area contributed by atoms with E-state index in [4.69, 9.17) is 37.7 Å². The van der Waals surface area contributed by atoms with Crippen molar-refractivity contribution < 1.29 is 19.1 Å². The summed E-state index contributed by atoms with van der Waals surface area (Å²) in [5.74, 6) is 0.883. The number of hydrogen-bond acceptors (Lipinski definition) is 5. The van der Waals surface area contributed by atoms with Gasteiger partial charge in [-0.05, 0) is 60.0 Å². The Labute approximate surface area is 262 Å². The third-order valence-electron chi connectivity index (χ3n) is 7.81. The van der Waals surface area contributed by atoms with Gasteiger partial charge in [0.1, 0.15) is 24.2 Å². The van der Waals surface area contributed by atoms with E-state index in [9.17, 15) is 9.59 Å². The van der Waals surface area contributed by atoms with E-state index in [0.29, 0.717) is 53.5 Å². The molecule has 0 bridgehead atoms. The van der Waals surface area contributed by atoms with E-state index in [2.05, 4.69) is 19.2 Å². The first-order chi connectivity index (χ1) is 20.6. The lowest BCUT2D eigenvalue weighted by Crippen LogP contribution is -2.55. The van der Waals surface area contributed by atoms with Crippen LogP contribution in [0.4, 0.5) is 4.79 Å². The molecule has 1 saturated heterocycles. The highest BCUT2D eigenvalue weighted by Gasteiger charge is 2.45. The Morgan fingerprint density at radius 1 is 1.02 bits per heavy atom. The summed E-state index contributed by atoms with van der Waals surface area (Å²) in [6.07, 6.45) is 0. The number of methoxy groups -OCH3 is 1. The Bertz CT molecular complexity index is 1510. The van der Waals surface area contributed by atoms with Gasteiger partial charge in [0.2, 0.25) is 5.91 Å². The van der Waals surface area contributed by atoms with E-state index in [-0.39, 0.29) is 23.9 Å². The van der Waals surface area contributed by atoms with Gasteiger partial charge in [0.15, 0.2) is 0 Å². The number of nitrogens with zero attached hydrogens (tertiary/aromatic N) is 3. The number of ether oxygens (including phenoxy) is 2. The first kappa shape index (κ1) is 30.9. The SMILES string of the molecule is CCOc1cc(C(C)(C)COC)ccc1C1=N[C@@H](c2ccc(Cl)cc2)C(c2ccc(Cl)cc2)N1C(=O)N1CCNC(=O)C1. The molecule has 226 valence electrons. The number of halogens is 2. The number of amidine groups is 1. The molecule has 43 heavy (non-hydrogen) atoms. The van der Waals surface area contributed by atoms with Gasteiger partial charge in [0, 0.05) is 35.7 Å². The summed E-state index contributed by atoms with van der Waals surface area (Å²) in [4.78, 5) is 35.4. The molecule has 1 unspecified atom stereocenters. The van der Waals surface area contributed by atoms with Crippen LogP contribution in [-0.2, 0) is 14.9 Å². The lowest BCUT2D eigenvalue weighted by Gasteiger charge is -2.36. The van der Waals surface area contributed by atoms with Crippen molar-refractivity contribution >= 4 is 41.0 Å². The first-order valence-corrected chi connectivity index (χ1v) is 15.1. The summed E-state index contributed by atoms with van der Waals surface area (Å²) in [7, 11) is 1.69. The van der Waals surface area contributed by atoms with Gasteiger partial charge in [-0.25, -0.2) is 4.79 Å². The van der Waals surface area contributed by atoms with Crippen molar-refractivity contribution in [1.82, 2.24) is 15.1 Å². The number of hydrogen-bond donors (Lipinski definition) is 1. The van der Waals surface area contributed by atoms with E-state index in [1.165, 1.54) is 0 Å². The minimum Gasteiger partial charge on any atom is -0.493 e. The molecule has 2 atom stereocenters. The van der Waals surface area contributed by atoms with Gasteiger partial charge < -0.3 is 19.7 Å². The molecule has 0 aromatic heterocycles. The molecule has 0 saturated carbocycles. The zero-order valence-corrected chi connectivity index (χ0v) is 26.3. The summed E-state index contributed by atoms with van der Waals surface area (Å²) >= 11 is 12.5. The van der Waals surface area contributed by atoms with E-state index >= 15 is 0 Å². The smallest absolute Gasteiger partial charge is 0.326 e. The Kier molecular flexibility index (Phi) is 9.30. The topological polar surface area (TPSA) is 83.5 Å². The molecule has 3 aromatic carbocycles. The van der Waals surface area contributed by atoms with Gasteiger partial charge in [-0.1, -0.05) is 67.4 Å². The van der Waals surface area contributed by atoms with Crippen LogP contribution >= 0.6 is 23.2 Å². The van der Waals surface area contributed by atoms with Crippen LogP contribution in [-0.4, -0.2) is 67.5 Å². The number of amides is 3. The molecule has 8 nitrogen and oxygen atoms in total. The van der Waals surface area contributed by atoms with Gasteiger partial charge in [-0.15, -0.1) is 0 Å². The molecule has 1 N–H and O–H groups in total. The van der Waals surface area contributed by atoms with Crippen LogP contribution in [0.25, 0.3) is 0 Å². The van der Waals surface area contributed by atoms with Crippen molar-refractivity contribution in [3.8, 4) is 5.75 Å². The summed E-state index contributed by atoms with van der Waals surface area (Å²) in [5.41, 5.74) is 3.20. The van der Waals surface area contributed by atoms with Crippen molar-refractivity contribution in [3.05, 3.63) is 99.0 Å². The second-order valence-electron chi connectivity index (χ2n) is 11.3. The first-order valence-electron chi connectivity index (χ1n) is 14.3. The molecule has 0 aliphatic carbocycles. The lowest BCUT2D eigenvalue weighted by molar-refractivity contribution is -0.123. The molecule has 2 heterocycles. The van der Waals surface area contributed by atoms with E-state index in [1.54, 1.807) is 16.9 Å². The summed E-state index contributed by atoms with van der Waals surface area (Å²) in [6, 6.07) is 19.7. The lowest BCUT2D eigenvalue weighted by atomic mass is 9.85. The Balaban J connectivity index is 1.70. The molecule has 3 aromatic rings. The van der Waals surface area contributed by atoms with Crippen LogP contribution in [0.5, 0.6) is 5.75 Å². The minimum absolute atomic E-state index is 0.0377. The van der Waals surface area contributed by atoms with Crippen molar-refractivity contribution in [3.63, 3.8) is 0 Å². The Morgan fingerprint density at radius 2 is 1.67 bits per heavy atom. The molecular formula is C33H36Cl2N4O4. The van der Waals surface area contributed by atoms with Gasteiger partial charge in [0.05, 0.1) is 24.8 Å². The molecule has 3 amide bonds. The van der Waals surface area contributed by atoms with E-state index < -0.39 is 12.1 Å². The summed E-state index contributed by atoms with van der Waals surface area (Å²) in [6.45, 7) is 7.82. The second-order valence-corrected chi connectivity index (χ2v) is 12.2. The fourth-order valence-electron chi connectivity index (χ4n) is 5.66. The van der Waals surface area contributed by atoms with Gasteiger partial charge in [-0.2, -0.15) is 0 Å². The van der Waals surface area contributed by atoms with E-state index in [0.717, 1.165) is 16.7 Å². The highest BCUT2D eigenvalue weighted by Crippen LogP contribution is 2.46. The van der Waals surface area contributed by atoms with Crippen LogP contribution in [0.15, 0.2) is 71.7 Å². The molecular weight excluding hydrogens is 587 g/mol. The fourth-order valence-corrected chi connectivity index (χ4v) is 5.91. The zero-order chi connectivity index (χ0) is 30.7. The third-order valence-corrected chi connectivity index (χ3v) is 8.32. The average molecular weight is 624 g/mol. The normalized spacial score (nSPS) is 18.8. The predicted molar refractivity (Wildman–Crippen MR) is 169 cm³/mol. The zero-order valence-electron chi connectivity index (χ0n) is 24.8. The molecule has 0 spiro atoms. The van der Waals surface area contributed by atoms with Crippen molar-refractivity contribution in [2.75, 3.05) is 40.0 Å². The highest BCUT2D eigenvalue weighted by molar-refractivity contribution is 6.30. The molecule has 10 heteroatoms. The molecule has 2 aliphatic heterocycles.